The van der Waals surface area contributed by atoms with E-state index in [-0.39, 0.29) is 0 Å². The van der Waals surface area contributed by atoms with Crippen LogP contribution < -0.4 is 5.32 Å². The molecule has 0 unspecified atom stereocenters. The van der Waals surface area contributed by atoms with Gasteiger partial charge in [-0.05, 0) is 34.1 Å². The summed E-state index contributed by atoms with van der Waals surface area (Å²) in [6, 6.07) is 5.69. The molecule has 84 valence electrons. The van der Waals surface area contributed by atoms with Gasteiger partial charge in [-0.2, -0.15) is 0 Å². The monoisotopic (exact) mass is 300 g/mol. The number of nitrogens with one attached hydrogen (secondary N) is 1. The topological polar surface area (TPSA) is 42.7 Å². The average Bonchev–Trinajstić information content (AvgIpc) is 2.66. The van der Waals surface area contributed by atoms with Crippen molar-refractivity contribution < 1.29 is 0 Å². The summed E-state index contributed by atoms with van der Waals surface area (Å²) in [7, 11) is 1.84. The Kier molecular flexibility index (Phi) is 3.46. The third kappa shape index (κ3) is 2.74. The smallest absolute Gasteiger partial charge is 0.102 e. The first-order valence-corrected chi connectivity index (χ1v) is 5.86. The fraction of sp³-hybridized carbons (Fsp3) is 0.200. The van der Waals surface area contributed by atoms with Gasteiger partial charge in [-0.1, -0.05) is 16.8 Å². The normalized spacial score (nSPS) is 10.4. The molecule has 2 rings (SSSR count). The Balaban J connectivity index is 2.02. The number of rotatable bonds is 3. The summed E-state index contributed by atoms with van der Waals surface area (Å²) in [6.07, 6.45) is 1.87. The average molecular weight is 302 g/mol. The number of hydrogen-bond donors (Lipinski definition) is 1. The first kappa shape index (κ1) is 11.4. The quantitative estimate of drug-likeness (QED) is 0.948. The van der Waals surface area contributed by atoms with Crippen LogP contribution in [0.2, 0.25) is 5.02 Å². The second kappa shape index (κ2) is 4.84. The lowest BCUT2D eigenvalue weighted by molar-refractivity contribution is 0.713. The molecule has 1 aromatic heterocycles. The molecular formula is C10H10BrClN4. The van der Waals surface area contributed by atoms with Crippen molar-refractivity contribution in [3.05, 3.63) is 39.6 Å². The molecule has 1 N–H and O–H groups in total. The van der Waals surface area contributed by atoms with Crippen LogP contribution in [0.3, 0.4) is 0 Å². The minimum absolute atomic E-state index is 0.641. The van der Waals surface area contributed by atoms with Crippen LogP contribution in [0.1, 0.15) is 5.69 Å². The zero-order valence-electron chi connectivity index (χ0n) is 8.61. The van der Waals surface area contributed by atoms with Crippen molar-refractivity contribution in [1.82, 2.24) is 15.0 Å². The van der Waals surface area contributed by atoms with Gasteiger partial charge in [0.1, 0.15) is 5.69 Å². The van der Waals surface area contributed by atoms with E-state index in [1.807, 2.05) is 31.4 Å². The second-order valence-electron chi connectivity index (χ2n) is 3.37. The van der Waals surface area contributed by atoms with Crippen LogP contribution in [0.4, 0.5) is 5.69 Å². The van der Waals surface area contributed by atoms with Gasteiger partial charge < -0.3 is 5.32 Å². The summed E-state index contributed by atoms with van der Waals surface area (Å²) in [5, 5.41) is 11.8. The maximum atomic E-state index is 5.90. The largest absolute Gasteiger partial charge is 0.379 e. The maximum Gasteiger partial charge on any atom is 0.102 e. The highest BCUT2D eigenvalue weighted by Gasteiger charge is 2.00. The SMILES string of the molecule is Cn1cc(CNc2ccc(Cl)c(Br)c2)nn1. The molecule has 2 aromatic rings. The first-order valence-electron chi connectivity index (χ1n) is 4.69. The maximum absolute atomic E-state index is 5.90. The zero-order chi connectivity index (χ0) is 11.5. The molecule has 0 aliphatic rings. The van der Waals surface area contributed by atoms with Gasteiger partial charge in [-0.15, -0.1) is 5.10 Å². The standard InChI is InChI=1S/C10H10BrClN4/c1-16-6-8(14-15-16)5-13-7-2-3-10(12)9(11)4-7/h2-4,6,13H,5H2,1H3. The van der Waals surface area contributed by atoms with Crippen LogP contribution in [0.5, 0.6) is 0 Å². The third-order valence-electron chi connectivity index (χ3n) is 2.04. The molecule has 0 radical (unpaired) electrons. The molecule has 0 saturated carbocycles. The number of aromatic nitrogens is 3. The van der Waals surface area contributed by atoms with Gasteiger partial charge in [0.25, 0.3) is 0 Å². The van der Waals surface area contributed by atoms with E-state index < -0.39 is 0 Å². The highest BCUT2D eigenvalue weighted by atomic mass is 79.9. The number of nitrogens with zero attached hydrogens (tertiary/aromatic N) is 3. The molecule has 16 heavy (non-hydrogen) atoms. The van der Waals surface area contributed by atoms with Crippen LogP contribution in [0, 0.1) is 0 Å². The molecule has 0 fully saturated rings. The van der Waals surface area contributed by atoms with Crippen molar-refractivity contribution in [2.75, 3.05) is 5.32 Å². The Bertz CT molecular complexity index is 497. The fourth-order valence-corrected chi connectivity index (χ4v) is 1.77. The Morgan fingerprint density at radius 2 is 2.31 bits per heavy atom. The summed E-state index contributed by atoms with van der Waals surface area (Å²) >= 11 is 9.27. The lowest BCUT2D eigenvalue weighted by atomic mass is 10.3. The van der Waals surface area contributed by atoms with Gasteiger partial charge in [0.05, 0.1) is 11.6 Å². The summed E-state index contributed by atoms with van der Waals surface area (Å²) in [5.74, 6) is 0. The molecule has 0 spiro atoms. The summed E-state index contributed by atoms with van der Waals surface area (Å²) in [5.41, 5.74) is 1.88. The highest BCUT2D eigenvalue weighted by molar-refractivity contribution is 9.10. The molecule has 6 heteroatoms. The van der Waals surface area contributed by atoms with E-state index in [2.05, 4.69) is 31.6 Å². The van der Waals surface area contributed by atoms with E-state index >= 15 is 0 Å². The Labute approximate surface area is 107 Å². The van der Waals surface area contributed by atoms with Crippen LogP contribution in [-0.4, -0.2) is 15.0 Å². The van der Waals surface area contributed by atoms with E-state index in [9.17, 15) is 0 Å². The summed E-state index contributed by atoms with van der Waals surface area (Å²) in [4.78, 5) is 0. The van der Waals surface area contributed by atoms with Crippen LogP contribution in [0.15, 0.2) is 28.9 Å². The second-order valence-corrected chi connectivity index (χ2v) is 4.63. The highest BCUT2D eigenvalue weighted by Crippen LogP contribution is 2.25. The number of benzene rings is 1. The number of halogens is 2. The van der Waals surface area contributed by atoms with Gasteiger partial charge in [0.2, 0.25) is 0 Å². The fourth-order valence-electron chi connectivity index (χ4n) is 1.28. The molecule has 0 bridgehead atoms. The van der Waals surface area contributed by atoms with Gasteiger partial charge in [0, 0.05) is 23.4 Å². The van der Waals surface area contributed by atoms with Crippen LogP contribution in [-0.2, 0) is 13.6 Å². The van der Waals surface area contributed by atoms with E-state index in [0.717, 1.165) is 15.9 Å². The van der Waals surface area contributed by atoms with Gasteiger partial charge in [-0.3, -0.25) is 4.68 Å². The van der Waals surface area contributed by atoms with E-state index in [1.165, 1.54) is 0 Å². The van der Waals surface area contributed by atoms with Crippen LogP contribution >= 0.6 is 27.5 Å². The van der Waals surface area contributed by atoms with Gasteiger partial charge in [0.15, 0.2) is 0 Å². The molecular weight excluding hydrogens is 291 g/mol. The number of anilines is 1. The molecule has 0 saturated heterocycles. The number of hydrogen-bond acceptors (Lipinski definition) is 3. The molecule has 4 nitrogen and oxygen atoms in total. The first-order chi connectivity index (χ1) is 7.65. The van der Waals surface area contributed by atoms with Crippen molar-refractivity contribution >= 4 is 33.2 Å². The Morgan fingerprint density at radius 3 is 2.94 bits per heavy atom. The lowest BCUT2D eigenvalue weighted by Gasteiger charge is -2.05. The Hall–Kier alpha value is -1.07. The predicted octanol–water partition coefficient (Wildman–Crippen LogP) is 2.84. The third-order valence-corrected chi connectivity index (χ3v) is 3.26. The zero-order valence-corrected chi connectivity index (χ0v) is 11.0. The molecule has 0 atom stereocenters. The summed E-state index contributed by atoms with van der Waals surface area (Å²) in [6.45, 7) is 0.641. The van der Waals surface area contributed by atoms with Crippen molar-refractivity contribution in [3.63, 3.8) is 0 Å². The van der Waals surface area contributed by atoms with Gasteiger partial charge >= 0.3 is 0 Å². The molecule has 1 aromatic carbocycles. The predicted molar refractivity (Wildman–Crippen MR) is 67.5 cm³/mol. The van der Waals surface area contributed by atoms with E-state index in [4.69, 9.17) is 11.6 Å². The molecule has 0 amide bonds. The van der Waals surface area contributed by atoms with Crippen molar-refractivity contribution in [3.8, 4) is 0 Å². The van der Waals surface area contributed by atoms with E-state index in [0.29, 0.717) is 11.6 Å². The Morgan fingerprint density at radius 1 is 1.50 bits per heavy atom. The van der Waals surface area contributed by atoms with Crippen molar-refractivity contribution in [2.24, 2.45) is 7.05 Å². The van der Waals surface area contributed by atoms with E-state index in [1.54, 1.807) is 4.68 Å². The van der Waals surface area contributed by atoms with Gasteiger partial charge in [-0.25, -0.2) is 0 Å². The van der Waals surface area contributed by atoms with Crippen LogP contribution in [0.25, 0.3) is 0 Å². The summed E-state index contributed by atoms with van der Waals surface area (Å²) < 4.78 is 2.55. The molecule has 0 aliphatic heterocycles. The minimum atomic E-state index is 0.641. The van der Waals surface area contributed by atoms with Crippen molar-refractivity contribution in [2.45, 2.75) is 6.54 Å². The lowest BCUT2D eigenvalue weighted by Crippen LogP contribution is -1.99. The molecule has 1 heterocycles. The van der Waals surface area contributed by atoms with Crippen molar-refractivity contribution in [1.29, 1.82) is 0 Å². The molecule has 0 aliphatic carbocycles. The number of aryl methyl sites for hydroxylation is 1. The minimum Gasteiger partial charge on any atom is -0.379 e.